The van der Waals surface area contributed by atoms with E-state index in [9.17, 15) is 31.2 Å². The van der Waals surface area contributed by atoms with E-state index in [0.29, 0.717) is 18.9 Å². The van der Waals surface area contributed by atoms with Crippen LogP contribution >= 0.6 is 11.6 Å². The molecule has 3 aromatic carbocycles. The molecule has 0 radical (unpaired) electrons. The Hall–Kier alpha value is -4.14. The molecule has 2 fully saturated rings. The van der Waals surface area contributed by atoms with Crippen molar-refractivity contribution in [2.45, 2.75) is 141 Å². The van der Waals surface area contributed by atoms with E-state index in [2.05, 4.69) is 36.1 Å². The number of rotatable bonds is 24. The summed E-state index contributed by atoms with van der Waals surface area (Å²) in [6.07, 6.45) is 12.1. The van der Waals surface area contributed by atoms with E-state index >= 15 is 0 Å². The van der Waals surface area contributed by atoms with Crippen LogP contribution in [0.2, 0.25) is 5.02 Å². The second-order valence-corrected chi connectivity index (χ2v) is 22.0. The van der Waals surface area contributed by atoms with Crippen LogP contribution in [0.25, 0.3) is 0 Å². The van der Waals surface area contributed by atoms with Gasteiger partial charge < -0.3 is 20.1 Å². The molecule has 0 heterocycles. The first kappa shape index (κ1) is 48.9. The number of carbonyl (C=O) groups is 3. The number of hydrogen-bond acceptors (Lipinski definition) is 9. The molecule has 3 aromatic rings. The Morgan fingerprint density at radius 3 is 1.95 bits per heavy atom. The molecule has 0 aromatic heterocycles. The SMILES string of the molecule is CCCCCCCCCCCCOc1ccc(S(=O)(=O)Nc2ccccc2Cl)cc1NC(=O)C(Oc1ccc(S(=O)(=O)CC)cc1NC(=O)C1(C)CC2CCC1C2(C)C)C(C)=O. The minimum atomic E-state index is -4.23. The summed E-state index contributed by atoms with van der Waals surface area (Å²) in [6.45, 7) is 11.5. The average molecular weight is 915 g/mol. The molecule has 0 spiro atoms. The monoisotopic (exact) mass is 913 g/mol. The van der Waals surface area contributed by atoms with Crippen LogP contribution in [0.4, 0.5) is 17.1 Å². The van der Waals surface area contributed by atoms with Crippen molar-refractivity contribution in [3.05, 3.63) is 65.7 Å². The Bertz CT molecular complexity index is 2300. The van der Waals surface area contributed by atoms with Gasteiger partial charge in [-0.15, -0.1) is 0 Å². The highest BCUT2D eigenvalue weighted by molar-refractivity contribution is 7.92. The summed E-state index contributed by atoms with van der Waals surface area (Å²) in [5, 5.41) is 5.77. The number of sulfone groups is 1. The summed E-state index contributed by atoms with van der Waals surface area (Å²) in [4.78, 5) is 41.2. The van der Waals surface area contributed by atoms with Crippen molar-refractivity contribution < 1.29 is 40.7 Å². The summed E-state index contributed by atoms with van der Waals surface area (Å²) in [7, 11) is -7.96. The maximum atomic E-state index is 14.2. The van der Waals surface area contributed by atoms with Crippen LogP contribution in [0.1, 0.15) is 125 Å². The number of benzene rings is 3. The molecule has 340 valence electrons. The van der Waals surface area contributed by atoms with Crippen molar-refractivity contribution in [1.82, 2.24) is 0 Å². The minimum absolute atomic E-state index is 0.00429. The number of hydrogen-bond donors (Lipinski definition) is 3. The number of ketones is 1. The van der Waals surface area contributed by atoms with Gasteiger partial charge in [-0.1, -0.05) is 116 Å². The summed E-state index contributed by atoms with van der Waals surface area (Å²) in [6, 6.07) is 14.3. The number of unbranched alkanes of at least 4 members (excludes halogenated alkanes) is 9. The number of anilines is 3. The summed E-state index contributed by atoms with van der Waals surface area (Å²) < 4.78 is 67.9. The Kier molecular flexibility index (Phi) is 16.6. The van der Waals surface area contributed by atoms with Gasteiger partial charge in [0.15, 0.2) is 15.6 Å². The zero-order valence-electron chi connectivity index (χ0n) is 37.0. The van der Waals surface area contributed by atoms with Gasteiger partial charge in [0.2, 0.25) is 12.0 Å². The molecule has 4 atom stereocenters. The summed E-state index contributed by atoms with van der Waals surface area (Å²) >= 11 is 6.25. The minimum Gasteiger partial charge on any atom is -0.491 e. The van der Waals surface area contributed by atoms with Crippen LogP contribution in [0, 0.1) is 22.7 Å². The molecule has 0 aliphatic heterocycles. The van der Waals surface area contributed by atoms with E-state index in [4.69, 9.17) is 21.1 Å². The number of nitrogens with one attached hydrogen (secondary N) is 3. The molecule has 2 bridgehead atoms. The molecule has 62 heavy (non-hydrogen) atoms. The van der Waals surface area contributed by atoms with Crippen LogP contribution < -0.4 is 24.8 Å². The van der Waals surface area contributed by atoms with Crippen molar-refractivity contribution in [3.63, 3.8) is 0 Å². The average Bonchev–Trinajstić information content (AvgIpc) is 3.63. The van der Waals surface area contributed by atoms with E-state index in [0.717, 1.165) is 45.4 Å². The van der Waals surface area contributed by atoms with Crippen molar-refractivity contribution in [1.29, 1.82) is 0 Å². The number of halogens is 1. The lowest BCUT2D eigenvalue weighted by molar-refractivity contribution is -0.133. The highest BCUT2D eigenvalue weighted by Crippen LogP contribution is 2.65. The van der Waals surface area contributed by atoms with Gasteiger partial charge in [-0.05, 0) is 98.4 Å². The van der Waals surface area contributed by atoms with Crippen LogP contribution in [-0.2, 0) is 34.2 Å². The van der Waals surface area contributed by atoms with Crippen molar-refractivity contribution >= 4 is 66.1 Å². The zero-order chi connectivity index (χ0) is 45.3. The molecule has 4 unspecified atom stereocenters. The van der Waals surface area contributed by atoms with Gasteiger partial charge in [-0.3, -0.25) is 19.1 Å². The number of fused-ring (bicyclic) bond motifs is 2. The van der Waals surface area contributed by atoms with E-state index < -0.39 is 43.1 Å². The van der Waals surface area contributed by atoms with Crippen LogP contribution in [0.5, 0.6) is 11.5 Å². The maximum absolute atomic E-state index is 14.2. The Morgan fingerprint density at radius 1 is 0.758 bits per heavy atom. The summed E-state index contributed by atoms with van der Waals surface area (Å²) in [5.41, 5.74) is -0.650. The van der Waals surface area contributed by atoms with Crippen LogP contribution in [0.3, 0.4) is 0 Å². The molecule has 2 amide bonds. The van der Waals surface area contributed by atoms with Crippen LogP contribution in [-0.4, -0.2) is 52.9 Å². The first-order chi connectivity index (χ1) is 29.3. The smallest absolute Gasteiger partial charge is 0.273 e. The van der Waals surface area contributed by atoms with Gasteiger partial charge in [-0.2, -0.15) is 0 Å². The van der Waals surface area contributed by atoms with E-state index in [-0.39, 0.29) is 66.4 Å². The van der Waals surface area contributed by atoms with E-state index in [1.165, 1.54) is 87.9 Å². The quantitative estimate of drug-likeness (QED) is 0.0584. The molecule has 2 aliphatic carbocycles. The fraction of sp³-hybridized carbons (Fsp3) is 0.553. The third-order valence-corrected chi connectivity index (χ3v) is 16.3. The third-order valence-electron chi connectivity index (χ3n) is 12.9. The fourth-order valence-electron chi connectivity index (χ4n) is 9.21. The Labute approximate surface area is 373 Å². The maximum Gasteiger partial charge on any atom is 0.273 e. The molecular formula is C47H64ClN3O9S2. The van der Waals surface area contributed by atoms with Crippen molar-refractivity contribution in [2.75, 3.05) is 27.7 Å². The first-order valence-corrected chi connectivity index (χ1v) is 25.6. The van der Waals surface area contributed by atoms with Gasteiger partial charge in [-0.25, -0.2) is 16.8 Å². The van der Waals surface area contributed by atoms with Crippen LogP contribution in [0.15, 0.2) is 70.5 Å². The van der Waals surface area contributed by atoms with Gasteiger partial charge in [0.1, 0.15) is 11.5 Å². The van der Waals surface area contributed by atoms with Gasteiger partial charge >= 0.3 is 0 Å². The number of para-hydroxylation sites is 1. The first-order valence-electron chi connectivity index (χ1n) is 22.0. The van der Waals surface area contributed by atoms with Gasteiger partial charge in [0.25, 0.3) is 15.9 Å². The second kappa shape index (κ2) is 21.0. The lowest BCUT2D eigenvalue weighted by Crippen LogP contribution is -2.41. The molecule has 2 aliphatic rings. The normalized spacial score (nSPS) is 19.7. The number of carbonyl (C=O) groups excluding carboxylic acids is 3. The summed E-state index contributed by atoms with van der Waals surface area (Å²) in [5.74, 6) is -1.59. The predicted molar refractivity (Wildman–Crippen MR) is 245 cm³/mol. The Balaban J connectivity index is 1.38. The van der Waals surface area contributed by atoms with E-state index in [1.54, 1.807) is 18.2 Å². The predicted octanol–water partition coefficient (Wildman–Crippen LogP) is 10.6. The largest absolute Gasteiger partial charge is 0.491 e. The van der Waals surface area contributed by atoms with E-state index in [1.807, 2.05) is 6.92 Å². The highest BCUT2D eigenvalue weighted by Gasteiger charge is 2.62. The molecule has 3 N–H and O–H groups in total. The van der Waals surface area contributed by atoms with Gasteiger partial charge in [0, 0.05) is 0 Å². The number of ether oxygens (including phenoxy) is 2. The molecular weight excluding hydrogens is 850 g/mol. The zero-order valence-corrected chi connectivity index (χ0v) is 39.4. The molecule has 5 rings (SSSR count). The lowest BCUT2D eigenvalue weighted by atomic mass is 9.71. The highest BCUT2D eigenvalue weighted by atomic mass is 35.5. The Morgan fingerprint density at radius 2 is 1.35 bits per heavy atom. The molecule has 12 nitrogen and oxygen atoms in total. The fourth-order valence-corrected chi connectivity index (χ4v) is 11.5. The standard InChI is InChI=1S/C47H64ClN3O9S2/c1-7-9-10-11-12-13-14-15-16-19-28-59-40-25-24-35(62(57,58)51-37-21-18-17-20-36(37)48)30-38(40)49-44(53)43(32(3)52)60-41-26-23-34(61(55,56)8-2)29-39(41)50-45(54)47(6)31-33-22-27-42(47)46(33,4)5/h17-18,20-21,23-26,29-30,33,42-43,51H,7-16,19,22,27-28,31H2,1-6H3,(H,49,53)(H,50,54). The molecule has 15 heteroatoms. The molecule has 0 saturated heterocycles. The lowest BCUT2D eigenvalue weighted by Gasteiger charge is -2.35. The van der Waals surface area contributed by atoms with Crippen molar-refractivity contribution in [2.24, 2.45) is 22.7 Å². The molecule has 2 saturated carbocycles. The third kappa shape index (κ3) is 11.7. The van der Waals surface area contributed by atoms with Crippen molar-refractivity contribution in [3.8, 4) is 11.5 Å². The number of sulfonamides is 1. The number of amides is 2. The topological polar surface area (TPSA) is 174 Å². The van der Waals surface area contributed by atoms with Gasteiger partial charge in [0.05, 0.1) is 49.7 Å². The number of Topliss-reactive ketones (excluding diaryl/α,β-unsaturated/α-hetero) is 1. The second-order valence-electron chi connectivity index (χ2n) is 17.7.